The number of nitrogens with one attached hydrogen (secondary N) is 1. The SMILES string of the molecule is COCCCNC(=O)c1cccnc1SC(F)F. The van der Waals surface area contributed by atoms with Crippen molar-refractivity contribution in [2.24, 2.45) is 0 Å². The number of methoxy groups -OCH3 is 1. The van der Waals surface area contributed by atoms with E-state index in [2.05, 4.69) is 10.3 Å². The van der Waals surface area contributed by atoms with Crippen LogP contribution in [-0.4, -0.2) is 36.9 Å². The van der Waals surface area contributed by atoms with E-state index in [0.717, 1.165) is 0 Å². The maximum Gasteiger partial charge on any atom is 0.290 e. The molecule has 0 aliphatic carbocycles. The number of ether oxygens (including phenoxy) is 1. The van der Waals surface area contributed by atoms with Crippen molar-refractivity contribution < 1.29 is 18.3 Å². The van der Waals surface area contributed by atoms with E-state index in [1.165, 1.54) is 12.3 Å². The Labute approximate surface area is 108 Å². The molecule has 1 N–H and O–H groups in total. The fraction of sp³-hybridized carbons (Fsp3) is 0.455. The number of thioether (sulfide) groups is 1. The average Bonchev–Trinajstić information content (AvgIpc) is 2.34. The first-order valence-electron chi connectivity index (χ1n) is 5.32. The Morgan fingerprint density at radius 2 is 2.39 bits per heavy atom. The molecule has 1 aromatic heterocycles. The highest BCUT2D eigenvalue weighted by atomic mass is 32.2. The fourth-order valence-electron chi connectivity index (χ4n) is 1.26. The topological polar surface area (TPSA) is 51.2 Å². The molecule has 0 bridgehead atoms. The highest BCUT2D eigenvalue weighted by Gasteiger charge is 2.15. The van der Waals surface area contributed by atoms with Gasteiger partial charge in [0.05, 0.1) is 5.56 Å². The van der Waals surface area contributed by atoms with Crippen LogP contribution in [0.25, 0.3) is 0 Å². The largest absolute Gasteiger partial charge is 0.385 e. The summed E-state index contributed by atoms with van der Waals surface area (Å²) < 4.78 is 29.4. The van der Waals surface area contributed by atoms with Crippen LogP contribution in [0.1, 0.15) is 16.8 Å². The van der Waals surface area contributed by atoms with Crippen molar-refractivity contribution in [1.82, 2.24) is 10.3 Å². The van der Waals surface area contributed by atoms with Gasteiger partial charge in [-0.2, -0.15) is 8.78 Å². The van der Waals surface area contributed by atoms with Crippen LogP contribution in [0.3, 0.4) is 0 Å². The second kappa shape index (κ2) is 7.99. The van der Waals surface area contributed by atoms with E-state index in [1.807, 2.05) is 0 Å². The maximum atomic E-state index is 12.3. The van der Waals surface area contributed by atoms with E-state index in [9.17, 15) is 13.6 Å². The van der Waals surface area contributed by atoms with Gasteiger partial charge in [0.15, 0.2) is 0 Å². The number of pyridine rings is 1. The molecule has 7 heteroatoms. The Balaban J connectivity index is 2.61. The molecule has 1 amide bonds. The number of carbonyl (C=O) groups is 1. The van der Waals surface area contributed by atoms with Gasteiger partial charge < -0.3 is 10.1 Å². The molecule has 0 aromatic carbocycles. The highest BCUT2D eigenvalue weighted by molar-refractivity contribution is 7.99. The van der Waals surface area contributed by atoms with E-state index in [0.29, 0.717) is 19.6 Å². The van der Waals surface area contributed by atoms with Crippen molar-refractivity contribution in [3.05, 3.63) is 23.9 Å². The van der Waals surface area contributed by atoms with Gasteiger partial charge in [0.1, 0.15) is 5.03 Å². The number of hydrogen-bond donors (Lipinski definition) is 1. The summed E-state index contributed by atoms with van der Waals surface area (Å²) in [6.45, 7) is 0.965. The van der Waals surface area contributed by atoms with Crippen molar-refractivity contribution in [3.8, 4) is 0 Å². The lowest BCUT2D eigenvalue weighted by atomic mass is 10.2. The lowest BCUT2D eigenvalue weighted by Gasteiger charge is -2.08. The van der Waals surface area contributed by atoms with Gasteiger partial charge in [-0.05, 0) is 30.3 Å². The van der Waals surface area contributed by atoms with Crippen molar-refractivity contribution in [1.29, 1.82) is 0 Å². The number of rotatable bonds is 7. The monoisotopic (exact) mass is 276 g/mol. The van der Waals surface area contributed by atoms with Gasteiger partial charge in [-0.1, -0.05) is 0 Å². The Hall–Kier alpha value is -1.21. The lowest BCUT2D eigenvalue weighted by Crippen LogP contribution is -2.26. The molecule has 18 heavy (non-hydrogen) atoms. The third kappa shape index (κ3) is 4.97. The molecule has 0 spiro atoms. The number of carbonyl (C=O) groups excluding carboxylic acids is 1. The molecular formula is C11H14F2N2O2S. The van der Waals surface area contributed by atoms with Crippen molar-refractivity contribution in [2.75, 3.05) is 20.3 Å². The molecule has 1 heterocycles. The second-order valence-corrected chi connectivity index (χ2v) is 4.32. The van der Waals surface area contributed by atoms with E-state index in [4.69, 9.17) is 4.74 Å². The normalized spacial score (nSPS) is 10.7. The minimum absolute atomic E-state index is 0.0386. The van der Waals surface area contributed by atoms with Gasteiger partial charge in [0.25, 0.3) is 11.7 Å². The van der Waals surface area contributed by atoms with Crippen LogP contribution in [0.15, 0.2) is 23.4 Å². The van der Waals surface area contributed by atoms with Crippen LogP contribution in [-0.2, 0) is 4.74 Å². The molecule has 0 saturated carbocycles. The van der Waals surface area contributed by atoms with Crippen molar-refractivity contribution in [3.63, 3.8) is 0 Å². The second-order valence-electron chi connectivity index (χ2n) is 3.34. The molecule has 0 radical (unpaired) electrons. The van der Waals surface area contributed by atoms with Crippen LogP contribution >= 0.6 is 11.8 Å². The van der Waals surface area contributed by atoms with Crippen LogP contribution in [0, 0.1) is 0 Å². The van der Waals surface area contributed by atoms with Crippen LogP contribution in [0.4, 0.5) is 8.78 Å². The standard InChI is InChI=1S/C11H14F2N2O2S/c1-17-7-3-6-14-9(16)8-4-2-5-15-10(8)18-11(12)13/h2,4-5,11H,3,6-7H2,1H3,(H,14,16). The predicted molar refractivity (Wildman–Crippen MR) is 64.9 cm³/mol. The summed E-state index contributed by atoms with van der Waals surface area (Å²) in [7, 11) is 1.57. The molecule has 0 aliphatic heterocycles. The van der Waals surface area contributed by atoms with Crippen molar-refractivity contribution in [2.45, 2.75) is 17.2 Å². The summed E-state index contributed by atoms with van der Waals surface area (Å²) in [6.07, 6.45) is 2.05. The average molecular weight is 276 g/mol. The van der Waals surface area contributed by atoms with E-state index in [1.54, 1.807) is 13.2 Å². The van der Waals surface area contributed by atoms with Crippen molar-refractivity contribution >= 4 is 17.7 Å². The first kappa shape index (κ1) is 14.8. The first-order chi connectivity index (χ1) is 8.65. The minimum atomic E-state index is -2.60. The highest BCUT2D eigenvalue weighted by Crippen LogP contribution is 2.26. The summed E-state index contributed by atoms with van der Waals surface area (Å²) in [5.41, 5.74) is 0.167. The van der Waals surface area contributed by atoms with Gasteiger partial charge in [0, 0.05) is 26.5 Å². The van der Waals surface area contributed by atoms with E-state index < -0.39 is 11.7 Å². The molecule has 4 nitrogen and oxygen atoms in total. The molecule has 0 unspecified atom stereocenters. The number of alkyl halides is 2. The Morgan fingerprint density at radius 1 is 1.61 bits per heavy atom. The number of aromatic nitrogens is 1. The number of halogens is 2. The fourth-order valence-corrected chi connectivity index (χ4v) is 1.83. The van der Waals surface area contributed by atoms with Crippen LogP contribution < -0.4 is 5.32 Å². The number of amides is 1. The lowest BCUT2D eigenvalue weighted by molar-refractivity contribution is 0.0945. The van der Waals surface area contributed by atoms with Gasteiger partial charge in [-0.3, -0.25) is 4.79 Å². The molecule has 1 rings (SSSR count). The molecule has 0 aliphatic rings. The third-order valence-corrected chi connectivity index (χ3v) is 2.75. The molecule has 1 aromatic rings. The maximum absolute atomic E-state index is 12.3. The summed E-state index contributed by atoms with van der Waals surface area (Å²) in [6, 6.07) is 3.02. The zero-order chi connectivity index (χ0) is 13.4. The number of nitrogens with zero attached hydrogens (tertiary/aromatic N) is 1. The zero-order valence-corrected chi connectivity index (χ0v) is 10.7. The third-order valence-electron chi connectivity index (χ3n) is 2.03. The van der Waals surface area contributed by atoms with Gasteiger partial charge in [0.2, 0.25) is 0 Å². The Bertz CT molecular complexity index is 391. The smallest absolute Gasteiger partial charge is 0.290 e. The first-order valence-corrected chi connectivity index (χ1v) is 6.20. The molecule has 100 valence electrons. The molecule has 0 fully saturated rings. The Kier molecular flexibility index (Phi) is 6.59. The minimum Gasteiger partial charge on any atom is -0.385 e. The van der Waals surface area contributed by atoms with E-state index in [-0.39, 0.29) is 22.4 Å². The Morgan fingerprint density at radius 3 is 3.06 bits per heavy atom. The van der Waals surface area contributed by atoms with E-state index >= 15 is 0 Å². The summed E-state index contributed by atoms with van der Waals surface area (Å²) in [5, 5.41) is 2.67. The quantitative estimate of drug-likeness (QED) is 0.612. The summed E-state index contributed by atoms with van der Waals surface area (Å²) in [5.74, 6) is -3.00. The predicted octanol–water partition coefficient (Wildman–Crippen LogP) is 2.16. The van der Waals surface area contributed by atoms with Crippen LogP contribution in [0.2, 0.25) is 0 Å². The summed E-state index contributed by atoms with van der Waals surface area (Å²) in [4.78, 5) is 15.5. The summed E-state index contributed by atoms with van der Waals surface area (Å²) >= 11 is 0.267. The van der Waals surface area contributed by atoms with Gasteiger partial charge >= 0.3 is 0 Å². The molecule has 0 saturated heterocycles. The van der Waals surface area contributed by atoms with Gasteiger partial charge in [-0.15, -0.1) is 0 Å². The van der Waals surface area contributed by atoms with Gasteiger partial charge in [-0.25, -0.2) is 4.98 Å². The zero-order valence-electron chi connectivity index (χ0n) is 9.86. The molecular weight excluding hydrogens is 262 g/mol. The molecule has 0 atom stereocenters. The van der Waals surface area contributed by atoms with Crippen LogP contribution in [0.5, 0.6) is 0 Å². The number of hydrogen-bond acceptors (Lipinski definition) is 4.